The molecule has 1 heterocycles. The van der Waals surface area contributed by atoms with Gasteiger partial charge < -0.3 is 9.47 Å². The number of nitrogens with zero attached hydrogens (tertiary/aromatic N) is 1. The van der Waals surface area contributed by atoms with E-state index >= 15 is 0 Å². The Morgan fingerprint density at radius 3 is 2.40 bits per heavy atom. The summed E-state index contributed by atoms with van der Waals surface area (Å²) >= 11 is 0. The monoisotopic (exact) mass is 269 g/mol. The third-order valence-corrected chi connectivity index (χ3v) is 2.39. The van der Waals surface area contributed by atoms with Gasteiger partial charge in [-0.25, -0.2) is 14.6 Å². The summed E-state index contributed by atoms with van der Waals surface area (Å²) in [6.07, 6.45) is 2.14. The van der Waals surface area contributed by atoms with Crippen molar-refractivity contribution >= 4 is 22.8 Å². The van der Waals surface area contributed by atoms with Gasteiger partial charge in [0.1, 0.15) is 5.75 Å². The van der Waals surface area contributed by atoms with Gasteiger partial charge in [0.05, 0.1) is 5.52 Å². The van der Waals surface area contributed by atoms with Crippen molar-refractivity contribution in [2.24, 2.45) is 0 Å². The van der Waals surface area contributed by atoms with Crippen molar-refractivity contribution in [3.8, 4) is 11.6 Å². The highest BCUT2D eigenvalue weighted by Crippen LogP contribution is 2.22. The highest BCUT2D eigenvalue weighted by molar-refractivity contribution is 5.86. The number of fused-ring (bicyclic) bond motifs is 1. The lowest BCUT2D eigenvalue weighted by Crippen LogP contribution is -2.05. The summed E-state index contributed by atoms with van der Waals surface area (Å²) < 4.78 is 9.92. The van der Waals surface area contributed by atoms with E-state index in [0.717, 1.165) is 17.5 Å². The van der Waals surface area contributed by atoms with Crippen LogP contribution in [0.3, 0.4) is 0 Å². The van der Waals surface area contributed by atoms with E-state index < -0.39 is 11.9 Å². The fourth-order valence-electron chi connectivity index (χ4n) is 1.51. The number of hydrogen-bond acceptors (Lipinski definition) is 5. The molecule has 100 valence electrons. The Morgan fingerprint density at radius 2 is 1.70 bits per heavy atom. The Morgan fingerprint density at radius 1 is 1.00 bits per heavy atom. The van der Waals surface area contributed by atoms with E-state index in [1.165, 1.54) is 0 Å². The standard InChI is InChI=1S/C15H11NO4/c1-3-14(17)19-11-6-7-12-10(9-11)5-8-13(16-12)20-15(18)4-2/h3-9H,1-2H2. The first-order chi connectivity index (χ1) is 9.62. The highest BCUT2D eigenvalue weighted by Gasteiger charge is 2.05. The molecule has 0 fully saturated rings. The van der Waals surface area contributed by atoms with Crippen LogP contribution >= 0.6 is 0 Å². The van der Waals surface area contributed by atoms with E-state index in [1.54, 1.807) is 30.3 Å². The second-order valence-electron chi connectivity index (χ2n) is 3.75. The predicted molar refractivity (Wildman–Crippen MR) is 73.4 cm³/mol. The zero-order chi connectivity index (χ0) is 14.5. The molecule has 0 saturated carbocycles. The minimum Gasteiger partial charge on any atom is -0.423 e. The first-order valence-electron chi connectivity index (χ1n) is 5.71. The number of rotatable bonds is 4. The molecule has 0 atom stereocenters. The Hall–Kier alpha value is -2.95. The van der Waals surface area contributed by atoms with Crippen LogP contribution in [0.5, 0.6) is 11.6 Å². The number of ether oxygens (including phenoxy) is 2. The van der Waals surface area contributed by atoms with Crippen molar-refractivity contribution in [3.05, 3.63) is 55.6 Å². The van der Waals surface area contributed by atoms with Crippen LogP contribution in [0.1, 0.15) is 0 Å². The van der Waals surface area contributed by atoms with E-state index in [4.69, 9.17) is 9.47 Å². The molecule has 0 aliphatic rings. The summed E-state index contributed by atoms with van der Waals surface area (Å²) in [5.41, 5.74) is 0.609. The van der Waals surface area contributed by atoms with E-state index in [-0.39, 0.29) is 5.88 Å². The average molecular weight is 269 g/mol. The molecule has 0 amide bonds. The van der Waals surface area contributed by atoms with Crippen LogP contribution in [0.15, 0.2) is 55.6 Å². The van der Waals surface area contributed by atoms with Gasteiger partial charge in [-0.05, 0) is 24.3 Å². The quantitative estimate of drug-likeness (QED) is 0.484. The van der Waals surface area contributed by atoms with Crippen LogP contribution in [0, 0.1) is 0 Å². The Bertz CT molecular complexity index is 645. The lowest BCUT2D eigenvalue weighted by Gasteiger charge is -2.05. The van der Waals surface area contributed by atoms with Crippen LogP contribution in [-0.4, -0.2) is 16.9 Å². The van der Waals surface area contributed by atoms with Crippen LogP contribution in [0.4, 0.5) is 0 Å². The van der Waals surface area contributed by atoms with Crippen molar-refractivity contribution in [2.45, 2.75) is 0 Å². The SMILES string of the molecule is C=CC(=O)Oc1ccc2nc(OC(=O)C=C)ccc2c1. The van der Waals surface area contributed by atoms with Crippen LogP contribution in [0.25, 0.3) is 10.9 Å². The molecule has 0 spiro atoms. The Kier molecular flexibility index (Phi) is 3.91. The lowest BCUT2D eigenvalue weighted by molar-refractivity contribution is -0.130. The molecule has 0 saturated heterocycles. The van der Waals surface area contributed by atoms with E-state index in [1.807, 2.05) is 0 Å². The lowest BCUT2D eigenvalue weighted by atomic mass is 10.2. The number of esters is 2. The minimum absolute atomic E-state index is 0.179. The fourth-order valence-corrected chi connectivity index (χ4v) is 1.51. The van der Waals surface area contributed by atoms with E-state index in [2.05, 4.69) is 18.1 Å². The normalized spacial score (nSPS) is 9.80. The molecule has 2 rings (SSSR count). The van der Waals surface area contributed by atoms with Crippen molar-refractivity contribution in [2.75, 3.05) is 0 Å². The molecule has 1 aromatic carbocycles. The van der Waals surface area contributed by atoms with Crippen LogP contribution in [0.2, 0.25) is 0 Å². The molecule has 0 bridgehead atoms. The molecule has 0 aliphatic heterocycles. The maximum atomic E-state index is 11.1. The second-order valence-corrected chi connectivity index (χ2v) is 3.75. The van der Waals surface area contributed by atoms with Gasteiger partial charge in [-0.3, -0.25) is 0 Å². The van der Waals surface area contributed by atoms with Gasteiger partial charge in [0.15, 0.2) is 0 Å². The molecule has 0 radical (unpaired) electrons. The zero-order valence-electron chi connectivity index (χ0n) is 10.5. The highest BCUT2D eigenvalue weighted by atomic mass is 16.5. The van der Waals surface area contributed by atoms with Gasteiger partial charge in [0.25, 0.3) is 0 Å². The van der Waals surface area contributed by atoms with Crippen molar-refractivity contribution in [3.63, 3.8) is 0 Å². The number of pyridine rings is 1. The van der Waals surface area contributed by atoms with E-state index in [0.29, 0.717) is 11.3 Å². The van der Waals surface area contributed by atoms with Crippen LogP contribution < -0.4 is 9.47 Å². The second kappa shape index (κ2) is 5.79. The number of carbonyl (C=O) groups is 2. The average Bonchev–Trinajstić information content (AvgIpc) is 2.47. The zero-order valence-corrected chi connectivity index (χ0v) is 10.5. The van der Waals surface area contributed by atoms with Gasteiger partial charge in [-0.2, -0.15) is 0 Å². The molecule has 1 aromatic heterocycles. The molecule has 0 unspecified atom stereocenters. The summed E-state index contributed by atoms with van der Waals surface area (Å²) in [5, 5.41) is 0.748. The summed E-state index contributed by atoms with van der Waals surface area (Å²) in [6.45, 7) is 6.63. The van der Waals surface area contributed by atoms with Gasteiger partial charge in [0, 0.05) is 23.6 Å². The smallest absolute Gasteiger partial charge is 0.336 e. The third kappa shape index (κ3) is 3.08. The molecular weight excluding hydrogens is 258 g/mol. The first-order valence-corrected chi connectivity index (χ1v) is 5.71. The topological polar surface area (TPSA) is 65.5 Å². The summed E-state index contributed by atoms with van der Waals surface area (Å²) in [4.78, 5) is 26.3. The maximum absolute atomic E-state index is 11.1. The number of carbonyl (C=O) groups excluding carboxylic acids is 2. The predicted octanol–water partition coefficient (Wildman–Crippen LogP) is 2.42. The molecule has 0 N–H and O–H groups in total. The number of aromatic nitrogens is 1. The summed E-state index contributed by atoms with van der Waals surface area (Å²) in [7, 11) is 0. The molecular formula is C15H11NO4. The molecule has 0 aliphatic carbocycles. The molecule has 20 heavy (non-hydrogen) atoms. The minimum atomic E-state index is -0.576. The summed E-state index contributed by atoms with van der Waals surface area (Å²) in [5.74, 6) is -0.541. The first kappa shape index (κ1) is 13.5. The molecule has 5 heteroatoms. The van der Waals surface area contributed by atoms with Gasteiger partial charge in [-0.15, -0.1) is 0 Å². The van der Waals surface area contributed by atoms with Crippen molar-refractivity contribution < 1.29 is 19.1 Å². The number of benzene rings is 1. The maximum Gasteiger partial charge on any atom is 0.336 e. The van der Waals surface area contributed by atoms with E-state index in [9.17, 15) is 9.59 Å². The fraction of sp³-hybridized carbons (Fsp3) is 0. The van der Waals surface area contributed by atoms with Gasteiger partial charge in [-0.1, -0.05) is 13.2 Å². The van der Waals surface area contributed by atoms with Crippen LogP contribution in [-0.2, 0) is 9.59 Å². The molecule has 2 aromatic rings. The summed E-state index contributed by atoms with van der Waals surface area (Å²) in [6, 6.07) is 8.16. The Balaban J connectivity index is 2.29. The largest absolute Gasteiger partial charge is 0.423 e. The number of hydrogen-bond donors (Lipinski definition) is 0. The third-order valence-electron chi connectivity index (χ3n) is 2.39. The van der Waals surface area contributed by atoms with Gasteiger partial charge >= 0.3 is 11.9 Å². The van der Waals surface area contributed by atoms with Crippen molar-refractivity contribution in [1.82, 2.24) is 4.98 Å². The van der Waals surface area contributed by atoms with Gasteiger partial charge in [0.2, 0.25) is 5.88 Å². The molecule has 5 nitrogen and oxygen atoms in total. The van der Waals surface area contributed by atoms with Crippen molar-refractivity contribution in [1.29, 1.82) is 0 Å². The Labute approximate surface area is 115 Å².